The summed E-state index contributed by atoms with van der Waals surface area (Å²) in [4.78, 5) is 12.7. The third-order valence-corrected chi connectivity index (χ3v) is 6.53. The van der Waals surface area contributed by atoms with E-state index in [4.69, 9.17) is 9.47 Å². The predicted molar refractivity (Wildman–Crippen MR) is 126 cm³/mol. The Hall–Kier alpha value is -3.52. The fourth-order valence-electron chi connectivity index (χ4n) is 3.67. The van der Waals surface area contributed by atoms with Gasteiger partial charge >= 0.3 is 0 Å². The van der Waals surface area contributed by atoms with Crippen molar-refractivity contribution in [2.24, 2.45) is 0 Å². The second-order valence-corrected chi connectivity index (χ2v) is 10.1. The molecule has 1 heterocycles. The summed E-state index contributed by atoms with van der Waals surface area (Å²) in [5.74, 6) is 1.09. The van der Waals surface area contributed by atoms with Gasteiger partial charge in [-0.3, -0.25) is 9.52 Å². The van der Waals surface area contributed by atoms with Gasteiger partial charge in [0, 0.05) is 23.2 Å². The monoisotopic (exact) mass is 466 g/mol. The molecule has 3 aromatic rings. The van der Waals surface area contributed by atoms with Crippen LogP contribution in [0.25, 0.3) is 0 Å². The summed E-state index contributed by atoms with van der Waals surface area (Å²) in [5.41, 5.74) is 1.50. The van der Waals surface area contributed by atoms with Gasteiger partial charge in [-0.1, -0.05) is 36.4 Å². The molecule has 0 unspecified atom stereocenters. The molecule has 8 heteroatoms. The molecular weight excluding hydrogens is 440 g/mol. The van der Waals surface area contributed by atoms with Crippen molar-refractivity contribution in [1.82, 2.24) is 5.32 Å². The zero-order valence-electron chi connectivity index (χ0n) is 18.5. The SMILES string of the molecule is CC1(C)Cc2cccc(OCCNC(=O)c3cccc(NS(=O)(=O)c4ccccc4)c3)c2O1. The Kier molecular flexibility index (Phi) is 6.29. The Morgan fingerprint density at radius 1 is 1.03 bits per heavy atom. The van der Waals surface area contributed by atoms with Crippen LogP contribution in [0, 0.1) is 0 Å². The van der Waals surface area contributed by atoms with Crippen LogP contribution in [0.15, 0.2) is 77.7 Å². The second kappa shape index (κ2) is 9.15. The summed E-state index contributed by atoms with van der Waals surface area (Å²) in [6, 6.07) is 20.2. The van der Waals surface area contributed by atoms with Gasteiger partial charge in [0.05, 0.1) is 11.4 Å². The Balaban J connectivity index is 1.33. The molecule has 0 aromatic heterocycles. The van der Waals surface area contributed by atoms with Crippen molar-refractivity contribution in [2.75, 3.05) is 17.9 Å². The van der Waals surface area contributed by atoms with Gasteiger partial charge in [0.25, 0.3) is 15.9 Å². The highest BCUT2D eigenvalue weighted by molar-refractivity contribution is 7.92. The number of hydrogen-bond acceptors (Lipinski definition) is 5. The molecule has 4 rings (SSSR count). The highest BCUT2D eigenvalue weighted by Crippen LogP contribution is 2.41. The first-order valence-corrected chi connectivity index (χ1v) is 12.1. The molecule has 0 saturated carbocycles. The van der Waals surface area contributed by atoms with E-state index in [0.717, 1.165) is 17.7 Å². The highest BCUT2D eigenvalue weighted by atomic mass is 32.2. The molecular formula is C25H26N2O5S. The van der Waals surface area contributed by atoms with Gasteiger partial charge in [0.1, 0.15) is 12.2 Å². The number of nitrogens with one attached hydrogen (secondary N) is 2. The van der Waals surface area contributed by atoms with Gasteiger partial charge < -0.3 is 14.8 Å². The summed E-state index contributed by atoms with van der Waals surface area (Å²) in [6.45, 7) is 4.62. The van der Waals surface area contributed by atoms with Crippen molar-refractivity contribution < 1.29 is 22.7 Å². The van der Waals surface area contributed by atoms with E-state index in [-0.39, 0.29) is 29.6 Å². The highest BCUT2D eigenvalue weighted by Gasteiger charge is 2.32. The predicted octanol–water partition coefficient (Wildman–Crippen LogP) is 4.01. The van der Waals surface area contributed by atoms with Gasteiger partial charge in [-0.25, -0.2) is 8.42 Å². The lowest BCUT2D eigenvalue weighted by Gasteiger charge is -2.18. The van der Waals surface area contributed by atoms with E-state index in [0.29, 0.717) is 17.0 Å². The summed E-state index contributed by atoms with van der Waals surface area (Å²) in [6.07, 6.45) is 0.820. The smallest absolute Gasteiger partial charge is 0.261 e. The maximum Gasteiger partial charge on any atom is 0.261 e. The number of hydrogen-bond donors (Lipinski definition) is 2. The fraction of sp³-hybridized carbons (Fsp3) is 0.240. The average Bonchev–Trinajstić information content (AvgIpc) is 3.11. The molecule has 1 aliphatic rings. The summed E-state index contributed by atoms with van der Waals surface area (Å²) in [7, 11) is -3.73. The van der Waals surface area contributed by atoms with Crippen LogP contribution in [-0.2, 0) is 16.4 Å². The van der Waals surface area contributed by atoms with Crippen molar-refractivity contribution in [3.63, 3.8) is 0 Å². The number of carbonyl (C=O) groups excluding carboxylic acids is 1. The molecule has 33 heavy (non-hydrogen) atoms. The Labute approximate surface area is 193 Å². The lowest BCUT2D eigenvalue weighted by Crippen LogP contribution is -2.28. The van der Waals surface area contributed by atoms with E-state index in [1.54, 1.807) is 36.4 Å². The fourth-order valence-corrected chi connectivity index (χ4v) is 4.74. The van der Waals surface area contributed by atoms with Crippen LogP contribution < -0.4 is 19.5 Å². The number of anilines is 1. The number of rotatable bonds is 8. The van der Waals surface area contributed by atoms with E-state index in [9.17, 15) is 13.2 Å². The van der Waals surface area contributed by atoms with Crippen molar-refractivity contribution >= 4 is 21.6 Å². The third kappa shape index (κ3) is 5.46. The van der Waals surface area contributed by atoms with Crippen molar-refractivity contribution in [3.05, 3.63) is 83.9 Å². The van der Waals surface area contributed by atoms with Gasteiger partial charge in [-0.05, 0) is 50.2 Å². The summed E-state index contributed by atoms with van der Waals surface area (Å²) in [5, 5.41) is 2.79. The van der Waals surface area contributed by atoms with Crippen LogP contribution in [0.3, 0.4) is 0 Å². The number of para-hydroxylation sites is 1. The van der Waals surface area contributed by atoms with E-state index < -0.39 is 10.0 Å². The molecule has 1 aliphatic heterocycles. The molecule has 0 radical (unpaired) electrons. The maximum absolute atomic E-state index is 12.5. The van der Waals surface area contributed by atoms with E-state index in [2.05, 4.69) is 10.0 Å². The van der Waals surface area contributed by atoms with Crippen LogP contribution >= 0.6 is 0 Å². The van der Waals surface area contributed by atoms with Crippen LogP contribution in [0.1, 0.15) is 29.8 Å². The quantitative estimate of drug-likeness (QED) is 0.489. The van der Waals surface area contributed by atoms with Gasteiger partial charge in [-0.2, -0.15) is 0 Å². The first kappa shape index (κ1) is 22.7. The molecule has 172 valence electrons. The standard InChI is InChI=1S/C25H26N2O5S/c1-25(2)17-19-9-7-13-22(23(19)32-25)31-15-14-26-24(28)18-8-6-10-20(16-18)27-33(29,30)21-11-4-3-5-12-21/h3-13,16,27H,14-15,17H2,1-2H3,(H,26,28). The zero-order valence-corrected chi connectivity index (χ0v) is 19.3. The molecule has 0 spiro atoms. The number of carbonyl (C=O) groups is 1. The van der Waals surface area contributed by atoms with Gasteiger partial charge in [-0.15, -0.1) is 0 Å². The largest absolute Gasteiger partial charge is 0.488 e. The number of sulfonamides is 1. The maximum atomic E-state index is 12.5. The van der Waals surface area contributed by atoms with Crippen LogP contribution in [-0.4, -0.2) is 33.1 Å². The second-order valence-electron chi connectivity index (χ2n) is 8.39. The molecule has 7 nitrogen and oxygen atoms in total. The minimum Gasteiger partial charge on any atom is -0.488 e. The van der Waals surface area contributed by atoms with Crippen molar-refractivity contribution in [1.29, 1.82) is 0 Å². The number of ether oxygens (including phenoxy) is 2. The molecule has 0 atom stereocenters. The normalized spacial score (nSPS) is 14.1. The minimum absolute atomic E-state index is 0.150. The average molecular weight is 467 g/mol. The first-order valence-electron chi connectivity index (χ1n) is 10.6. The van der Waals surface area contributed by atoms with Crippen LogP contribution in [0.4, 0.5) is 5.69 Å². The summed E-state index contributed by atoms with van der Waals surface area (Å²) < 4.78 is 39.3. The Morgan fingerprint density at radius 2 is 1.79 bits per heavy atom. The molecule has 3 aromatic carbocycles. The molecule has 0 bridgehead atoms. The van der Waals surface area contributed by atoms with Crippen molar-refractivity contribution in [2.45, 2.75) is 30.8 Å². The van der Waals surface area contributed by atoms with Gasteiger partial charge in [0.15, 0.2) is 11.5 Å². The lowest BCUT2D eigenvalue weighted by molar-refractivity contribution is 0.0946. The molecule has 0 aliphatic carbocycles. The van der Waals surface area contributed by atoms with Crippen LogP contribution in [0.2, 0.25) is 0 Å². The first-order chi connectivity index (χ1) is 15.7. The number of benzene rings is 3. The third-order valence-electron chi connectivity index (χ3n) is 5.13. The Bertz CT molecular complexity index is 1260. The number of amides is 1. The van der Waals surface area contributed by atoms with E-state index >= 15 is 0 Å². The number of fused-ring (bicyclic) bond motifs is 1. The molecule has 2 N–H and O–H groups in total. The zero-order chi connectivity index (χ0) is 23.5. The Morgan fingerprint density at radius 3 is 2.58 bits per heavy atom. The van der Waals surface area contributed by atoms with Gasteiger partial charge in [0.2, 0.25) is 0 Å². The van der Waals surface area contributed by atoms with Crippen molar-refractivity contribution in [3.8, 4) is 11.5 Å². The van der Waals surface area contributed by atoms with E-state index in [1.807, 2.05) is 32.0 Å². The minimum atomic E-state index is -3.73. The molecule has 1 amide bonds. The lowest BCUT2D eigenvalue weighted by atomic mass is 10.0. The molecule has 0 fully saturated rings. The van der Waals surface area contributed by atoms with E-state index in [1.165, 1.54) is 18.2 Å². The van der Waals surface area contributed by atoms with Crippen LogP contribution in [0.5, 0.6) is 11.5 Å². The summed E-state index contributed by atoms with van der Waals surface area (Å²) >= 11 is 0. The molecule has 0 saturated heterocycles. The topological polar surface area (TPSA) is 93.7 Å².